The predicted molar refractivity (Wildman–Crippen MR) is 93.0 cm³/mol. The highest BCUT2D eigenvalue weighted by molar-refractivity contribution is 5.78. The summed E-state index contributed by atoms with van der Waals surface area (Å²) in [6, 6.07) is 7.65. The minimum atomic E-state index is -0.666. The quantitative estimate of drug-likeness (QED) is 0.632. The lowest BCUT2D eigenvalue weighted by Crippen LogP contribution is -2.36. The lowest BCUT2D eigenvalue weighted by molar-refractivity contribution is -0.384. The van der Waals surface area contributed by atoms with Crippen LogP contribution in [0.15, 0.2) is 46.9 Å². The van der Waals surface area contributed by atoms with Crippen LogP contribution in [0.25, 0.3) is 5.70 Å². The van der Waals surface area contributed by atoms with Crippen LogP contribution in [0.3, 0.4) is 0 Å². The second-order valence-electron chi connectivity index (χ2n) is 6.28. The fraction of sp³-hybridized carbons (Fsp3) is 0.278. The summed E-state index contributed by atoms with van der Waals surface area (Å²) in [5.41, 5.74) is 0.787. The number of hydrogen-bond acceptors (Lipinski definition) is 5. The standard InChI is InChI=1S/C18H18N2O5/c1-11-16(19-9-5-6-15(24-4)17(19)21)13-10-12(20(22)23)7-8-14(13)25-18(11,2)3/h5-10H,1-4H3. The minimum absolute atomic E-state index is 0.0664. The van der Waals surface area contributed by atoms with E-state index < -0.39 is 10.5 Å². The van der Waals surface area contributed by atoms with Gasteiger partial charge in [-0.15, -0.1) is 0 Å². The second kappa shape index (κ2) is 5.77. The number of hydrogen-bond donors (Lipinski definition) is 0. The summed E-state index contributed by atoms with van der Waals surface area (Å²) in [7, 11) is 1.43. The van der Waals surface area contributed by atoms with Gasteiger partial charge in [0.2, 0.25) is 0 Å². The average molecular weight is 342 g/mol. The van der Waals surface area contributed by atoms with Gasteiger partial charge in [0.15, 0.2) is 5.75 Å². The summed E-state index contributed by atoms with van der Waals surface area (Å²) in [5.74, 6) is 0.685. The van der Waals surface area contributed by atoms with E-state index in [4.69, 9.17) is 9.47 Å². The molecular formula is C18H18N2O5. The summed E-state index contributed by atoms with van der Waals surface area (Å²) in [6.07, 6.45) is 1.62. The maximum Gasteiger partial charge on any atom is 0.297 e. The zero-order valence-corrected chi connectivity index (χ0v) is 14.4. The number of pyridine rings is 1. The summed E-state index contributed by atoms with van der Waals surface area (Å²) in [4.78, 5) is 23.4. The van der Waals surface area contributed by atoms with E-state index in [0.29, 0.717) is 17.0 Å². The van der Waals surface area contributed by atoms with Gasteiger partial charge in [0, 0.05) is 23.9 Å². The second-order valence-corrected chi connectivity index (χ2v) is 6.28. The van der Waals surface area contributed by atoms with E-state index in [9.17, 15) is 14.9 Å². The molecule has 7 heteroatoms. The van der Waals surface area contributed by atoms with E-state index in [1.54, 1.807) is 24.4 Å². The maximum atomic E-state index is 12.7. The molecule has 130 valence electrons. The van der Waals surface area contributed by atoms with Crippen molar-refractivity contribution >= 4 is 11.4 Å². The molecule has 7 nitrogen and oxygen atoms in total. The minimum Gasteiger partial charge on any atom is -0.491 e. The molecule has 3 rings (SSSR count). The topological polar surface area (TPSA) is 83.6 Å². The van der Waals surface area contributed by atoms with Gasteiger partial charge in [-0.05, 0) is 44.5 Å². The summed E-state index contributed by atoms with van der Waals surface area (Å²) < 4.78 is 12.6. The molecule has 0 amide bonds. The normalized spacial score (nSPS) is 15.4. The van der Waals surface area contributed by atoms with Crippen molar-refractivity contribution in [3.8, 4) is 11.5 Å². The molecule has 0 spiro atoms. The Morgan fingerprint density at radius 2 is 2.00 bits per heavy atom. The highest BCUT2D eigenvalue weighted by Gasteiger charge is 2.34. The number of aromatic nitrogens is 1. The Balaban J connectivity index is 2.36. The zero-order chi connectivity index (χ0) is 18.4. The molecule has 0 saturated heterocycles. The number of fused-ring (bicyclic) bond motifs is 1. The molecule has 0 saturated carbocycles. The van der Waals surface area contributed by atoms with Gasteiger partial charge < -0.3 is 9.47 Å². The Kier molecular flexibility index (Phi) is 3.87. The van der Waals surface area contributed by atoms with Crippen molar-refractivity contribution in [3.05, 3.63) is 68.1 Å². The number of nitrogens with zero attached hydrogens (tertiary/aromatic N) is 2. The first-order chi connectivity index (χ1) is 11.8. The molecule has 1 aromatic carbocycles. The number of methoxy groups -OCH3 is 1. The van der Waals surface area contributed by atoms with Crippen LogP contribution in [0.5, 0.6) is 11.5 Å². The lowest BCUT2D eigenvalue weighted by atomic mass is 9.90. The van der Waals surface area contributed by atoms with E-state index in [-0.39, 0.29) is 17.0 Å². The highest BCUT2D eigenvalue weighted by Crippen LogP contribution is 2.42. The smallest absolute Gasteiger partial charge is 0.297 e. The predicted octanol–water partition coefficient (Wildman–Crippen LogP) is 3.22. The van der Waals surface area contributed by atoms with Crippen LogP contribution in [0.2, 0.25) is 0 Å². The van der Waals surface area contributed by atoms with Gasteiger partial charge >= 0.3 is 0 Å². The van der Waals surface area contributed by atoms with Crippen LogP contribution in [0, 0.1) is 10.1 Å². The van der Waals surface area contributed by atoms with Gasteiger partial charge in [-0.25, -0.2) is 0 Å². The molecule has 2 heterocycles. The Morgan fingerprint density at radius 1 is 1.28 bits per heavy atom. The first kappa shape index (κ1) is 16.8. The van der Waals surface area contributed by atoms with Crippen molar-refractivity contribution in [2.24, 2.45) is 0 Å². The third kappa shape index (κ3) is 2.67. The summed E-state index contributed by atoms with van der Waals surface area (Å²) in [6.45, 7) is 5.62. The van der Waals surface area contributed by atoms with Crippen LogP contribution in [0.1, 0.15) is 26.3 Å². The number of nitro benzene ring substituents is 1. The van der Waals surface area contributed by atoms with Gasteiger partial charge in [0.25, 0.3) is 11.2 Å². The van der Waals surface area contributed by atoms with E-state index >= 15 is 0 Å². The highest BCUT2D eigenvalue weighted by atomic mass is 16.6. The monoisotopic (exact) mass is 342 g/mol. The molecule has 0 radical (unpaired) electrons. The molecular weight excluding hydrogens is 324 g/mol. The van der Waals surface area contributed by atoms with Crippen LogP contribution in [-0.4, -0.2) is 22.2 Å². The molecule has 0 fully saturated rings. The van der Waals surface area contributed by atoms with Gasteiger partial charge in [-0.3, -0.25) is 19.5 Å². The maximum absolute atomic E-state index is 12.7. The van der Waals surface area contributed by atoms with Gasteiger partial charge in [-0.2, -0.15) is 0 Å². The van der Waals surface area contributed by atoms with Crippen molar-refractivity contribution in [1.82, 2.24) is 4.57 Å². The van der Waals surface area contributed by atoms with Crippen LogP contribution < -0.4 is 15.0 Å². The fourth-order valence-corrected chi connectivity index (χ4v) is 2.86. The van der Waals surface area contributed by atoms with E-state index in [2.05, 4.69) is 0 Å². The van der Waals surface area contributed by atoms with Gasteiger partial charge in [0.1, 0.15) is 11.4 Å². The Morgan fingerprint density at radius 3 is 2.64 bits per heavy atom. The third-order valence-corrected chi connectivity index (χ3v) is 4.43. The fourth-order valence-electron chi connectivity index (χ4n) is 2.86. The molecule has 0 atom stereocenters. The Bertz CT molecular complexity index is 956. The number of nitro groups is 1. The first-order valence-corrected chi connectivity index (χ1v) is 7.71. The number of non-ortho nitro benzene ring substituents is 1. The molecule has 0 bridgehead atoms. The van der Waals surface area contributed by atoms with Crippen LogP contribution in [0.4, 0.5) is 5.69 Å². The molecule has 1 aliphatic heterocycles. The van der Waals surface area contributed by atoms with E-state index in [1.807, 2.05) is 20.8 Å². The van der Waals surface area contributed by atoms with Crippen LogP contribution in [-0.2, 0) is 0 Å². The average Bonchev–Trinajstić information content (AvgIpc) is 2.56. The van der Waals surface area contributed by atoms with Crippen molar-refractivity contribution in [2.75, 3.05) is 7.11 Å². The SMILES string of the molecule is COc1cccn(C2=C(C)C(C)(C)Oc3ccc([N+](=O)[O-])cc32)c1=O. The Labute approximate surface area is 144 Å². The molecule has 1 aromatic heterocycles. The molecule has 0 unspecified atom stereocenters. The van der Waals surface area contributed by atoms with Gasteiger partial charge in [0.05, 0.1) is 17.7 Å². The molecule has 2 aromatic rings. The molecule has 1 aliphatic rings. The number of ether oxygens (including phenoxy) is 2. The lowest BCUT2D eigenvalue weighted by Gasteiger charge is -2.35. The van der Waals surface area contributed by atoms with Crippen molar-refractivity contribution in [1.29, 1.82) is 0 Å². The number of rotatable bonds is 3. The number of benzene rings is 1. The summed E-state index contributed by atoms with van der Waals surface area (Å²) in [5, 5.41) is 11.2. The van der Waals surface area contributed by atoms with Crippen LogP contribution >= 0.6 is 0 Å². The Hall–Kier alpha value is -3.09. The van der Waals surface area contributed by atoms with Crippen molar-refractivity contribution < 1.29 is 14.4 Å². The third-order valence-electron chi connectivity index (χ3n) is 4.43. The first-order valence-electron chi connectivity index (χ1n) is 7.71. The zero-order valence-electron chi connectivity index (χ0n) is 14.4. The van der Waals surface area contributed by atoms with Gasteiger partial charge in [-0.1, -0.05) is 0 Å². The molecule has 0 aliphatic carbocycles. The molecule has 0 N–H and O–H groups in total. The van der Waals surface area contributed by atoms with E-state index in [1.165, 1.54) is 23.8 Å². The molecule has 25 heavy (non-hydrogen) atoms. The largest absolute Gasteiger partial charge is 0.491 e. The summed E-state index contributed by atoms with van der Waals surface area (Å²) >= 11 is 0. The van der Waals surface area contributed by atoms with Crippen molar-refractivity contribution in [2.45, 2.75) is 26.4 Å². The van der Waals surface area contributed by atoms with Crippen molar-refractivity contribution in [3.63, 3.8) is 0 Å². The van der Waals surface area contributed by atoms with E-state index in [0.717, 1.165) is 5.57 Å².